The Morgan fingerprint density at radius 3 is 2.54 bits per heavy atom. The number of thioether (sulfide) groups is 1. The quantitative estimate of drug-likeness (QED) is 0.664. The highest BCUT2D eigenvalue weighted by molar-refractivity contribution is 9.10. The molecule has 1 heterocycles. The zero-order valence-corrected chi connectivity index (χ0v) is 17.5. The second kappa shape index (κ2) is 9.58. The summed E-state index contributed by atoms with van der Waals surface area (Å²) in [4.78, 5) is 16.1. The van der Waals surface area contributed by atoms with Crippen molar-refractivity contribution in [3.8, 4) is 0 Å². The number of benzene rings is 2. The van der Waals surface area contributed by atoms with Crippen molar-refractivity contribution in [2.75, 3.05) is 25.9 Å². The van der Waals surface area contributed by atoms with Crippen LogP contribution in [-0.2, 0) is 6.54 Å². The molecule has 2 aromatic carbocycles. The molecule has 0 spiro atoms. The van der Waals surface area contributed by atoms with Crippen LogP contribution in [-0.4, -0.2) is 36.7 Å². The van der Waals surface area contributed by atoms with Gasteiger partial charge < -0.3 is 5.32 Å². The fraction of sp³-hybridized carbons (Fsp3) is 0.381. The van der Waals surface area contributed by atoms with Gasteiger partial charge in [0.25, 0.3) is 5.91 Å². The first-order chi connectivity index (χ1) is 12.7. The number of carbonyl (C=O) groups excluding carboxylic acids is 1. The minimum Gasteiger partial charge on any atom is -0.352 e. The number of amides is 1. The van der Waals surface area contributed by atoms with Crippen molar-refractivity contribution in [1.82, 2.24) is 10.2 Å². The average molecular weight is 433 g/mol. The zero-order valence-electron chi connectivity index (χ0n) is 15.1. The van der Waals surface area contributed by atoms with E-state index in [2.05, 4.69) is 56.7 Å². The normalized spacial score (nSPS) is 15.8. The number of hydrogen-bond donors (Lipinski definition) is 1. The van der Waals surface area contributed by atoms with Gasteiger partial charge in [0.2, 0.25) is 0 Å². The Morgan fingerprint density at radius 2 is 1.85 bits per heavy atom. The highest BCUT2D eigenvalue weighted by Gasteiger charge is 2.20. The van der Waals surface area contributed by atoms with Gasteiger partial charge in [0.1, 0.15) is 0 Å². The van der Waals surface area contributed by atoms with Gasteiger partial charge in [-0.2, -0.15) is 0 Å². The first kappa shape index (κ1) is 19.5. The SMILES string of the molecule is CSc1ccccc1CN1CCC(CNC(=O)c2ccc(Br)cc2)CC1. The highest BCUT2D eigenvalue weighted by atomic mass is 79.9. The third-order valence-corrected chi connectivity index (χ3v) is 6.32. The fourth-order valence-electron chi connectivity index (χ4n) is 3.36. The second-order valence-corrected chi connectivity index (χ2v) is 8.51. The van der Waals surface area contributed by atoms with E-state index < -0.39 is 0 Å². The second-order valence-electron chi connectivity index (χ2n) is 6.75. The lowest BCUT2D eigenvalue weighted by molar-refractivity contribution is 0.0935. The first-order valence-corrected chi connectivity index (χ1v) is 11.1. The number of nitrogens with one attached hydrogen (secondary N) is 1. The van der Waals surface area contributed by atoms with Crippen molar-refractivity contribution in [2.24, 2.45) is 5.92 Å². The number of likely N-dealkylation sites (tertiary alicyclic amines) is 1. The molecular formula is C21H25BrN2OS. The van der Waals surface area contributed by atoms with E-state index in [0.717, 1.165) is 49.1 Å². The van der Waals surface area contributed by atoms with E-state index >= 15 is 0 Å². The third-order valence-electron chi connectivity index (χ3n) is 4.95. The van der Waals surface area contributed by atoms with Gasteiger partial charge in [0, 0.05) is 28.0 Å². The molecule has 0 aromatic heterocycles. The molecule has 5 heteroatoms. The van der Waals surface area contributed by atoms with E-state index in [1.807, 2.05) is 36.0 Å². The van der Waals surface area contributed by atoms with Gasteiger partial charge in [-0.25, -0.2) is 0 Å². The number of piperidine rings is 1. The standard InChI is InChI=1S/C21H25BrN2OS/c1-26-20-5-3-2-4-18(20)15-24-12-10-16(11-13-24)14-23-21(25)17-6-8-19(22)9-7-17/h2-9,16H,10-15H2,1H3,(H,23,25). The van der Waals surface area contributed by atoms with Gasteiger partial charge >= 0.3 is 0 Å². The number of halogens is 1. The molecule has 3 nitrogen and oxygen atoms in total. The molecule has 1 saturated heterocycles. The predicted molar refractivity (Wildman–Crippen MR) is 113 cm³/mol. The summed E-state index contributed by atoms with van der Waals surface area (Å²) in [6.07, 6.45) is 4.42. The Morgan fingerprint density at radius 1 is 1.15 bits per heavy atom. The number of hydrogen-bond acceptors (Lipinski definition) is 3. The third kappa shape index (κ3) is 5.35. The maximum Gasteiger partial charge on any atom is 0.251 e. The van der Waals surface area contributed by atoms with Crippen molar-refractivity contribution < 1.29 is 4.79 Å². The van der Waals surface area contributed by atoms with Crippen LogP contribution in [0.1, 0.15) is 28.8 Å². The summed E-state index contributed by atoms with van der Waals surface area (Å²) in [5.41, 5.74) is 2.14. The molecule has 1 N–H and O–H groups in total. The summed E-state index contributed by atoms with van der Waals surface area (Å²) < 4.78 is 0.990. The van der Waals surface area contributed by atoms with Crippen molar-refractivity contribution >= 4 is 33.6 Å². The van der Waals surface area contributed by atoms with Crippen LogP contribution in [0.4, 0.5) is 0 Å². The number of carbonyl (C=O) groups is 1. The van der Waals surface area contributed by atoms with E-state index in [0.29, 0.717) is 5.92 Å². The summed E-state index contributed by atoms with van der Waals surface area (Å²) in [7, 11) is 0. The van der Waals surface area contributed by atoms with Gasteiger partial charge in [-0.05, 0) is 74.0 Å². The van der Waals surface area contributed by atoms with E-state index in [1.165, 1.54) is 10.5 Å². The molecule has 1 aliphatic rings. The van der Waals surface area contributed by atoms with Crippen molar-refractivity contribution in [2.45, 2.75) is 24.3 Å². The van der Waals surface area contributed by atoms with Crippen LogP contribution in [0.3, 0.4) is 0 Å². The predicted octanol–water partition coefficient (Wildman–Crippen LogP) is 4.81. The van der Waals surface area contributed by atoms with Gasteiger partial charge in [-0.1, -0.05) is 34.1 Å². The molecule has 0 saturated carbocycles. The molecule has 1 fully saturated rings. The molecule has 3 rings (SSSR count). The van der Waals surface area contributed by atoms with Crippen LogP contribution in [0.15, 0.2) is 57.9 Å². The monoisotopic (exact) mass is 432 g/mol. The highest BCUT2D eigenvalue weighted by Crippen LogP contribution is 2.24. The van der Waals surface area contributed by atoms with E-state index in [1.54, 1.807) is 0 Å². The molecule has 138 valence electrons. The molecule has 2 aromatic rings. The average Bonchev–Trinajstić information content (AvgIpc) is 2.68. The smallest absolute Gasteiger partial charge is 0.251 e. The summed E-state index contributed by atoms with van der Waals surface area (Å²) >= 11 is 5.21. The molecule has 0 radical (unpaired) electrons. The van der Waals surface area contributed by atoms with Crippen LogP contribution in [0.2, 0.25) is 0 Å². The molecule has 0 atom stereocenters. The molecule has 1 aliphatic heterocycles. The fourth-order valence-corrected chi connectivity index (χ4v) is 4.24. The minimum absolute atomic E-state index is 0.0221. The molecule has 1 amide bonds. The molecule has 26 heavy (non-hydrogen) atoms. The summed E-state index contributed by atoms with van der Waals surface area (Å²) in [6.45, 7) is 3.99. The van der Waals surface area contributed by atoms with Crippen molar-refractivity contribution in [3.63, 3.8) is 0 Å². The lowest BCUT2D eigenvalue weighted by Gasteiger charge is -2.32. The Balaban J connectivity index is 1.43. The van der Waals surface area contributed by atoms with E-state index in [-0.39, 0.29) is 5.91 Å². The van der Waals surface area contributed by atoms with Crippen LogP contribution < -0.4 is 5.32 Å². The number of nitrogens with zero attached hydrogens (tertiary/aromatic N) is 1. The Bertz CT molecular complexity index is 727. The molecule has 0 bridgehead atoms. The van der Waals surface area contributed by atoms with Crippen molar-refractivity contribution in [3.05, 3.63) is 64.1 Å². The summed E-state index contributed by atoms with van der Waals surface area (Å²) in [5, 5.41) is 3.09. The Labute approximate surface area is 168 Å². The molecule has 0 aliphatic carbocycles. The van der Waals surface area contributed by atoms with Crippen molar-refractivity contribution in [1.29, 1.82) is 0 Å². The van der Waals surface area contributed by atoms with Crippen LogP contribution in [0, 0.1) is 5.92 Å². The molecular weight excluding hydrogens is 408 g/mol. The Kier molecular flexibility index (Phi) is 7.17. The topological polar surface area (TPSA) is 32.3 Å². The summed E-state index contributed by atoms with van der Waals surface area (Å²) in [5.74, 6) is 0.593. The summed E-state index contributed by atoms with van der Waals surface area (Å²) in [6, 6.07) is 16.2. The first-order valence-electron chi connectivity index (χ1n) is 9.03. The lowest BCUT2D eigenvalue weighted by Crippen LogP contribution is -2.38. The zero-order chi connectivity index (χ0) is 18.4. The van der Waals surface area contributed by atoms with Crippen LogP contribution >= 0.6 is 27.7 Å². The Hall–Kier alpha value is -1.30. The maximum absolute atomic E-state index is 12.2. The lowest BCUT2D eigenvalue weighted by atomic mass is 9.96. The van der Waals surface area contributed by atoms with E-state index in [9.17, 15) is 4.79 Å². The largest absolute Gasteiger partial charge is 0.352 e. The van der Waals surface area contributed by atoms with E-state index in [4.69, 9.17) is 0 Å². The van der Waals surface area contributed by atoms with Gasteiger partial charge in [0.05, 0.1) is 0 Å². The van der Waals surface area contributed by atoms with Gasteiger partial charge in [-0.15, -0.1) is 11.8 Å². The number of rotatable bonds is 6. The van der Waals surface area contributed by atoms with Gasteiger partial charge in [-0.3, -0.25) is 9.69 Å². The maximum atomic E-state index is 12.2. The molecule has 0 unspecified atom stereocenters. The van der Waals surface area contributed by atoms with Gasteiger partial charge in [0.15, 0.2) is 0 Å². The van der Waals surface area contributed by atoms with Crippen LogP contribution in [0.25, 0.3) is 0 Å². The minimum atomic E-state index is 0.0221. The van der Waals surface area contributed by atoms with Crippen LogP contribution in [0.5, 0.6) is 0 Å².